The Morgan fingerprint density at radius 2 is 1.73 bits per heavy atom. The Labute approximate surface area is 70.1 Å². The molecule has 1 radical (unpaired) electrons. The molecule has 0 aromatic heterocycles. The molecule has 0 aliphatic heterocycles. The van der Waals surface area contributed by atoms with E-state index >= 15 is 0 Å². The molecule has 0 unspecified atom stereocenters. The minimum atomic E-state index is 0.905. The Kier molecular flexibility index (Phi) is 9.14. The van der Waals surface area contributed by atoms with E-state index in [1.165, 1.54) is 38.5 Å². The van der Waals surface area contributed by atoms with E-state index in [1.807, 2.05) is 0 Å². The highest BCUT2D eigenvalue weighted by molar-refractivity contribution is 4.60. The van der Waals surface area contributed by atoms with Crippen molar-refractivity contribution in [3.63, 3.8) is 0 Å². The van der Waals surface area contributed by atoms with Crippen molar-refractivity contribution in [3.05, 3.63) is 12.3 Å². The maximum absolute atomic E-state index is 8.27. The van der Waals surface area contributed by atoms with Crippen LogP contribution in [0.4, 0.5) is 0 Å². The smallest absolute Gasteiger partial charge is 0.0827 e. The molecule has 0 rings (SSSR count). The van der Waals surface area contributed by atoms with Gasteiger partial charge in [0.2, 0.25) is 0 Å². The Morgan fingerprint density at radius 1 is 1.09 bits per heavy atom. The molecule has 0 aliphatic carbocycles. The van der Waals surface area contributed by atoms with Crippen molar-refractivity contribution < 1.29 is 5.11 Å². The van der Waals surface area contributed by atoms with Crippen LogP contribution in [0, 0.1) is 6.08 Å². The molecule has 1 nitrogen and oxygen atoms in total. The fraction of sp³-hybridized carbons (Fsp3) is 0.800. The standard InChI is InChI=1S/C10H19O/c1-2-3-4-5-6-7-8-9-10-11/h10-11H,2-8H2,1H3. The summed E-state index contributed by atoms with van der Waals surface area (Å²) < 4.78 is 0. The predicted molar refractivity (Wildman–Crippen MR) is 48.4 cm³/mol. The number of hydrogen-bond donors (Lipinski definition) is 1. The fourth-order valence-corrected chi connectivity index (χ4v) is 1.07. The predicted octanol–water partition coefficient (Wildman–Crippen LogP) is 3.61. The van der Waals surface area contributed by atoms with Crippen LogP contribution in [-0.4, -0.2) is 5.11 Å². The van der Waals surface area contributed by atoms with Crippen LogP contribution < -0.4 is 0 Å². The third-order valence-electron chi connectivity index (χ3n) is 1.77. The van der Waals surface area contributed by atoms with Gasteiger partial charge in [-0.15, -0.1) is 0 Å². The van der Waals surface area contributed by atoms with Gasteiger partial charge < -0.3 is 5.11 Å². The lowest BCUT2D eigenvalue weighted by atomic mass is 10.1. The number of allylic oxidation sites excluding steroid dienone is 1. The molecule has 65 valence electrons. The highest BCUT2D eigenvalue weighted by Gasteiger charge is 1.87. The van der Waals surface area contributed by atoms with E-state index in [0.717, 1.165) is 12.7 Å². The summed E-state index contributed by atoms with van der Waals surface area (Å²) >= 11 is 0. The van der Waals surface area contributed by atoms with E-state index in [2.05, 4.69) is 13.0 Å². The molecule has 11 heavy (non-hydrogen) atoms. The zero-order valence-corrected chi connectivity index (χ0v) is 7.47. The average Bonchev–Trinajstić information content (AvgIpc) is 2.03. The molecular formula is C10H19O. The molecule has 0 bridgehead atoms. The summed E-state index contributed by atoms with van der Waals surface area (Å²) in [4.78, 5) is 0. The van der Waals surface area contributed by atoms with Crippen LogP contribution in [-0.2, 0) is 0 Å². The van der Waals surface area contributed by atoms with Gasteiger partial charge in [0.05, 0.1) is 6.26 Å². The molecule has 0 atom stereocenters. The molecule has 0 saturated heterocycles. The molecular weight excluding hydrogens is 136 g/mol. The number of unbranched alkanes of at least 4 members (excludes halogenated alkanes) is 6. The molecule has 0 fully saturated rings. The summed E-state index contributed by atoms with van der Waals surface area (Å²) in [7, 11) is 0. The van der Waals surface area contributed by atoms with Crippen LogP contribution in [0.5, 0.6) is 0 Å². The molecule has 0 aliphatic rings. The minimum absolute atomic E-state index is 0.905. The largest absolute Gasteiger partial charge is 0.515 e. The van der Waals surface area contributed by atoms with E-state index < -0.39 is 0 Å². The minimum Gasteiger partial charge on any atom is -0.515 e. The van der Waals surface area contributed by atoms with Gasteiger partial charge in [0.25, 0.3) is 0 Å². The molecule has 0 aromatic rings. The Balaban J connectivity index is 2.79. The van der Waals surface area contributed by atoms with E-state index in [-0.39, 0.29) is 0 Å². The van der Waals surface area contributed by atoms with Crippen molar-refractivity contribution in [2.75, 3.05) is 0 Å². The lowest BCUT2D eigenvalue weighted by Crippen LogP contribution is -1.77. The first-order valence-electron chi connectivity index (χ1n) is 4.61. The maximum atomic E-state index is 8.27. The first-order chi connectivity index (χ1) is 5.41. The van der Waals surface area contributed by atoms with Crippen LogP contribution in [0.1, 0.15) is 51.9 Å². The summed E-state index contributed by atoms with van der Waals surface area (Å²) in [6.45, 7) is 2.22. The van der Waals surface area contributed by atoms with Gasteiger partial charge >= 0.3 is 0 Å². The average molecular weight is 155 g/mol. The van der Waals surface area contributed by atoms with Crippen LogP contribution in [0.25, 0.3) is 0 Å². The van der Waals surface area contributed by atoms with E-state index in [4.69, 9.17) is 5.11 Å². The quantitative estimate of drug-likeness (QED) is 0.440. The zero-order valence-electron chi connectivity index (χ0n) is 7.47. The normalized spacial score (nSPS) is 11.0. The van der Waals surface area contributed by atoms with Crippen molar-refractivity contribution in [3.8, 4) is 0 Å². The van der Waals surface area contributed by atoms with Crippen molar-refractivity contribution in [2.24, 2.45) is 0 Å². The van der Waals surface area contributed by atoms with Crippen molar-refractivity contribution in [2.45, 2.75) is 51.9 Å². The van der Waals surface area contributed by atoms with Gasteiger partial charge in [-0.1, -0.05) is 39.0 Å². The van der Waals surface area contributed by atoms with Crippen molar-refractivity contribution in [1.29, 1.82) is 0 Å². The van der Waals surface area contributed by atoms with Gasteiger partial charge in [0.15, 0.2) is 0 Å². The lowest BCUT2D eigenvalue weighted by molar-refractivity contribution is 0.466. The first-order valence-corrected chi connectivity index (χ1v) is 4.61. The monoisotopic (exact) mass is 155 g/mol. The number of rotatable bonds is 7. The van der Waals surface area contributed by atoms with Gasteiger partial charge in [-0.25, -0.2) is 0 Å². The summed E-state index contributed by atoms with van der Waals surface area (Å²) in [6, 6.07) is 0. The SMILES string of the molecule is CCCCCCCC/[C]=C/O. The van der Waals surface area contributed by atoms with Crippen molar-refractivity contribution in [1.82, 2.24) is 0 Å². The van der Waals surface area contributed by atoms with Gasteiger partial charge in [-0.3, -0.25) is 0 Å². The second-order valence-corrected chi connectivity index (χ2v) is 2.85. The summed E-state index contributed by atoms with van der Waals surface area (Å²) in [5.41, 5.74) is 0. The van der Waals surface area contributed by atoms with Gasteiger partial charge in [0, 0.05) is 0 Å². The van der Waals surface area contributed by atoms with Crippen molar-refractivity contribution >= 4 is 0 Å². The molecule has 1 N–H and O–H groups in total. The summed E-state index contributed by atoms with van der Waals surface area (Å²) in [5, 5.41) is 8.27. The molecule has 1 heteroatoms. The molecule has 0 heterocycles. The highest BCUT2D eigenvalue weighted by atomic mass is 16.2. The van der Waals surface area contributed by atoms with E-state index in [0.29, 0.717) is 0 Å². The third kappa shape index (κ3) is 9.54. The van der Waals surface area contributed by atoms with Gasteiger partial charge in [-0.2, -0.15) is 0 Å². The van der Waals surface area contributed by atoms with Gasteiger partial charge in [-0.05, 0) is 18.9 Å². The van der Waals surface area contributed by atoms with Crippen LogP contribution >= 0.6 is 0 Å². The first kappa shape index (κ1) is 10.5. The Bertz CT molecular complexity index is 86.9. The topological polar surface area (TPSA) is 20.2 Å². The molecule has 0 amide bonds. The third-order valence-corrected chi connectivity index (χ3v) is 1.77. The van der Waals surface area contributed by atoms with Crippen LogP contribution in [0.3, 0.4) is 0 Å². The van der Waals surface area contributed by atoms with E-state index in [1.54, 1.807) is 0 Å². The Hall–Kier alpha value is -0.460. The lowest BCUT2D eigenvalue weighted by Gasteiger charge is -1.96. The molecule has 0 aromatic carbocycles. The summed E-state index contributed by atoms with van der Waals surface area (Å²) in [5.74, 6) is 0. The van der Waals surface area contributed by atoms with Gasteiger partial charge in [0.1, 0.15) is 0 Å². The fourth-order valence-electron chi connectivity index (χ4n) is 1.07. The number of aliphatic hydroxyl groups excluding tert-OH is 1. The molecule has 0 saturated carbocycles. The Morgan fingerprint density at radius 3 is 2.36 bits per heavy atom. The van der Waals surface area contributed by atoms with Crippen LogP contribution in [0.15, 0.2) is 6.26 Å². The highest BCUT2D eigenvalue weighted by Crippen LogP contribution is 2.06. The maximum Gasteiger partial charge on any atom is 0.0827 e. The van der Waals surface area contributed by atoms with E-state index in [9.17, 15) is 0 Å². The van der Waals surface area contributed by atoms with Crippen LogP contribution in [0.2, 0.25) is 0 Å². The summed E-state index contributed by atoms with van der Waals surface area (Å²) in [6.07, 6.45) is 12.5. The number of aliphatic hydroxyl groups is 1. The zero-order chi connectivity index (χ0) is 8.36. The molecule has 0 spiro atoms. The number of hydrogen-bond acceptors (Lipinski definition) is 1. The second-order valence-electron chi connectivity index (χ2n) is 2.85. The second kappa shape index (κ2) is 9.54.